The van der Waals surface area contributed by atoms with Gasteiger partial charge in [-0.2, -0.15) is 0 Å². The van der Waals surface area contributed by atoms with Crippen molar-refractivity contribution >= 4 is 29.4 Å². The Labute approximate surface area is 196 Å². The van der Waals surface area contributed by atoms with Crippen LogP contribution in [0.1, 0.15) is 48.8 Å². The maximum Gasteiger partial charge on any atom is 0.319 e. The van der Waals surface area contributed by atoms with Gasteiger partial charge in [-0.15, -0.1) is 11.8 Å². The van der Waals surface area contributed by atoms with E-state index in [1.54, 1.807) is 4.90 Å². The first-order valence-electron chi connectivity index (χ1n) is 11.5. The van der Waals surface area contributed by atoms with Gasteiger partial charge in [-0.1, -0.05) is 43.0 Å². The lowest BCUT2D eigenvalue weighted by Gasteiger charge is -2.35. The topological polar surface area (TPSA) is 52.7 Å². The van der Waals surface area contributed by atoms with E-state index in [4.69, 9.17) is 0 Å². The number of carbonyl (C=O) groups excluding carboxylic acids is 2. The van der Waals surface area contributed by atoms with Crippen LogP contribution < -0.4 is 10.2 Å². The second kappa shape index (κ2) is 8.63. The van der Waals surface area contributed by atoms with E-state index < -0.39 is 16.5 Å². The van der Waals surface area contributed by atoms with Gasteiger partial charge < -0.3 is 10.2 Å². The van der Waals surface area contributed by atoms with Gasteiger partial charge in [0.2, 0.25) is 0 Å². The molecule has 2 aromatic carbocycles. The predicted molar refractivity (Wildman–Crippen MR) is 125 cm³/mol. The molecule has 1 atom stereocenters. The molecule has 5 nitrogen and oxygen atoms in total. The van der Waals surface area contributed by atoms with Crippen molar-refractivity contribution in [3.05, 3.63) is 64.7 Å². The molecule has 3 amide bonds. The maximum atomic E-state index is 14.4. The average molecular weight is 472 g/mol. The van der Waals surface area contributed by atoms with Gasteiger partial charge in [-0.25, -0.2) is 13.6 Å². The zero-order valence-corrected chi connectivity index (χ0v) is 19.4. The molecule has 0 unspecified atom stereocenters. The number of amides is 3. The zero-order valence-electron chi connectivity index (χ0n) is 18.6. The van der Waals surface area contributed by atoms with Gasteiger partial charge in [-0.05, 0) is 31.9 Å². The van der Waals surface area contributed by atoms with Crippen LogP contribution in [0.25, 0.3) is 0 Å². The average Bonchev–Trinajstić information content (AvgIpc) is 3.33. The standard InChI is InChI=1S/C25H27F2N3O2S/c1-16-7-10-22-20(13-16)25(23(31)29(22)15-17-8-9-18(26)14-21(17)27)30(11-12-33-25)24(32)28-19-5-3-2-4-6-19/h7-10,13-14,19H,2-6,11-12,15H2,1H3,(H,28,32)/t25-/m1/s1. The predicted octanol–water partition coefficient (Wildman–Crippen LogP) is 5.06. The second-order valence-corrected chi connectivity index (χ2v) is 10.4. The number of fused-ring (bicyclic) bond motifs is 2. The smallest absolute Gasteiger partial charge is 0.319 e. The van der Waals surface area contributed by atoms with Gasteiger partial charge in [0, 0.05) is 35.5 Å². The molecule has 1 N–H and O–H groups in total. The molecule has 1 aliphatic carbocycles. The van der Waals surface area contributed by atoms with Gasteiger partial charge in [0.1, 0.15) is 11.6 Å². The number of thioether (sulfide) groups is 1. The first-order chi connectivity index (χ1) is 15.9. The van der Waals surface area contributed by atoms with Gasteiger partial charge >= 0.3 is 6.03 Å². The fraction of sp³-hybridized carbons (Fsp3) is 0.440. The largest absolute Gasteiger partial charge is 0.335 e. The first kappa shape index (κ1) is 22.2. The molecule has 2 aliphatic heterocycles. The fourth-order valence-electron chi connectivity index (χ4n) is 5.21. The van der Waals surface area contributed by atoms with Crippen molar-refractivity contribution in [2.45, 2.75) is 56.5 Å². The molecule has 1 spiro atoms. The Balaban J connectivity index is 1.50. The van der Waals surface area contributed by atoms with Crippen LogP contribution in [-0.2, 0) is 16.2 Å². The Bertz CT molecular complexity index is 1110. The van der Waals surface area contributed by atoms with Crippen LogP contribution in [0.2, 0.25) is 0 Å². The molecule has 1 saturated heterocycles. The number of aryl methyl sites for hydroxylation is 1. The monoisotopic (exact) mass is 471 g/mol. The number of hydrogen-bond acceptors (Lipinski definition) is 3. The third-order valence-corrected chi connectivity index (χ3v) is 8.29. The summed E-state index contributed by atoms with van der Waals surface area (Å²) in [4.78, 5) is 29.4. The molecular formula is C25H27F2N3O2S. The van der Waals surface area contributed by atoms with Crippen LogP contribution in [-0.4, -0.2) is 35.2 Å². The number of carbonyl (C=O) groups is 2. The van der Waals surface area contributed by atoms with E-state index >= 15 is 0 Å². The summed E-state index contributed by atoms with van der Waals surface area (Å²) >= 11 is 1.45. The number of nitrogens with one attached hydrogen (secondary N) is 1. The van der Waals surface area contributed by atoms with E-state index in [1.165, 1.54) is 35.2 Å². The summed E-state index contributed by atoms with van der Waals surface area (Å²) in [6.45, 7) is 2.38. The Morgan fingerprint density at radius 2 is 1.94 bits per heavy atom. The second-order valence-electron chi connectivity index (χ2n) is 9.08. The summed E-state index contributed by atoms with van der Waals surface area (Å²) in [7, 11) is 0. The Kier molecular flexibility index (Phi) is 5.80. The van der Waals surface area contributed by atoms with E-state index in [0.29, 0.717) is 18.0 Å². The van der Waals surface area contributed by atoms with Crippen LogP contribution in [0.4, 0.5) is 19.3 Å². The number of hydrogen-bond donors (Lipinski definition) is 1. The minimum Gasteiger partial charge on any atom is -0.335 e. The van der Waals surface area contributed by atoms with Crippen LogP contribution in [0.3, 0.4) is 0 Å². The lowest BCUT2D eigenvalue weighted by molar-refractivity contribution is -0.123. The van der Waals surface area contributed by atoms with E-state index in [9.17, 15) is 18.4 Å². The minimum absolute atomic E-state index is 0.0264. The normalized spacial score (nSPS) is 22.8. The minimum atomic E-state index is -1.17. The summed E-state index contributed by atoms with van der Waals surface area (Å²) in [6, 6.07) is 9.02. The van der Waals surface area contributed by atoms with Crippen molar-refractivity contribution in [2.24, 2.45) is 0 Å². The van der Waals surface area contributed by atoms with Crippen molar-refractivity contribution in [1.29, 1.82) is 0 Å². The van der Waals surface area contributed by atoms with Crippen molar-refractivity contribution in [3.8, 4) is 0 Å². The lowest BCUT2D eigenvalue weighted by atomic mass is 9.95. The molecule has 33 heavy (non-hydrogen) atoms. The van der Waals surface area contributed by atoms with Gasteiger partial charge in [0.25, 0.3) is 5.91 Å². The molecule has 174 valence electrons. The van der Waals surface area contributed by atoms with Crippen LogP contribution in [0, 0.1) is 18.6 Å². The molecule has 0 bridgehead atoms. The number of nitrogens with zero attached hydrogens (tertiary/aromatic N) is 2. The number of anilines is 1. The highest BCUT2D eigenvalue weighted by Gasteiger charge is 2.59. The molecule has 1 saturated carbocycles. The Morgan fingerprint density at radius 1 is 1.15 bits per heavy atom. The van der Waals surface area contributed by atoms with Crippen LogP contribution in [0.15, 0.2) is 36.4 Å². The SMILES string of the molecule is Cc1ccc2c(c1)[C@@]1(SCCN1C(=O)NC1CCCCC1)C(=O)N2Cc1ccc(F)cc1F. The van der Waals surface area contributed by atoms with Crippen LogP contribution in [0.5, 0.6) is 0 Å². The molecule has 8 heteroatoms. The third-order valence-electron chi connectivity index (χ3n) is 6.87. The number of rotatable bonds is 3. The number of benzene rings is 2. The molecule has 2 fully saturated rings. The van der Waals surface area contributed by atoms with Crippen LogP contribution >= 0.6 is 11.8 Å². The summed E-state index contributed by atoms with van der Waals surface area (Å²) < 4.78 is 27.9. The molecule has 2 heterocycles. The Morgan fingerprint density at radius 3 is 2.70 bits per heavy atom. The lowest BCUT2D eigenvalue weighted by Crippen LogP contribution is -2.55. The first-order valence-corrected chi connectivity index (χ1v) is 12.5. The van der Waals surface area contributed by atoms with Gasteiger partial charge in [-0.3, -0.25) is 9.69 Å². The summed E-state index contributed by atoms with van der Waals surface area (Å²) in [5, 5.41) is 3.16. The molecule has 2 aromatic rings. The van der Waals surface area contributed by atoms with E-state index in [1.807, 2.05) is 25.1 Å². The van der Waals surface area contributed by atoms with Crippen molar-refractivity contribution in [2.75, 3.05) is 17.2 Å². The molecular weight excluding hydrogens is 444 g/mol. The summed E-state index contributed by atoms with van der Waals surface area (Å²) in [5.74, 6) is -0.972. The summed E-state index contributed by atoms with van der Waals surface area (Å²) in [6.07, 6.45) is 5.31. The summed E-state index contributed by atoms with van der Waals surface area (Å²) in [5.41, 5.74) is 2.64. The molecule has 0 aromatic heterocycles. The van der Waals surface area contributed by atoms with Gasteiger partial charge in [0.15, 0.2) is 4.87 Å². The zero-order chi connectivity index (χ0) is 23.2. The highest BCUT2D eigenvalue weighted by Crippen LogP contribution is 2.54. The highest BCUT2D eigenvalue weighted by molar-refractivity contribution is 8.01. The quantitative estimate of drug-likeness (QED) is 0.681. The third kappa shape index (κ3) is 3.78. The van der Waals surface area contributed by atoms with Crippen molar-refractivity contribution in [1.82, 2.24) is 10.2 Å². The highest BCUT2D eigenvalue weighted by atomic mass is 32.2. The fourth-order valence-corrected chi connectivity index (χ4v) is 6.66. The van der Waals surface area contributed by atoms with E-state index in [2.05, 4.69) is 5.32 Å². The molecule has 3 aliphatic rings. The van der Waals surface area contributed by atoms with Crippen molar-refractivity contribution < 1.29 is 18.4 Å². The molecule has 5 rings (SSSR count). The van der Waals surface area contributed by atoms with Gasteiger partial charge in [0.05, 0.1) is 12.2 Å². The molecule has 0 radical (unpaired) electrons. The maximum absolute atomic E-state index is 14.4. The number of urea groups is 1. The van der Waals surface area contributed by atoms with Crippen molar-refractivity contribution in [3.63, 3.8) is 0 Å². The number of halogens is 2. The Hall–Kier alpha value is -2.61. The van der Waals surface area contributed by atoms with E-state index in [0.717, 1.165) is 42.9 Å². The van der Waals surface area contributed by atoms with E-state index in [-0.39, 0.29) is 30.1 Å².